The van der Waals surface area contributed by atoms with E-state index in [0.717, 1.165) is 67.9 Å². The van der Waals surface area contributed by atoms with Crippen molar-refractivity contribution in [1.29, 1.82) is 0 Å². The fourth-order valence-electron chi connectivity index (χ4n) is 6.87. The third-order valence-electron chi connectivity index (χ3n) is 9.47. The van der Waals surface area contributed by atoms with Crippen molar-refractivity contribution in [2.45, 2.75) is 94.6 Å². The molecule has 0 amide bonds. The molecule has 0 spiro atoms. The van der Waals surface area contributed by atoms with Crippen LogP contribution in [0.5, 0.6) is 11.5 Å². The molecular weight excluding hydrogens is 696 g/mol. The minimum atomic E-state index is -1.00. The molecule has 53 heavy (non-hydrogen) atoms. The molecule has 4 unspecified atom stereocenters. The summed E-state index contributed by atoms with van der Waals surface area (Å²) in [5.74, 6) is 1.21. The molecule has 0 bridgehead atoms. The molecule has 2 heterocycles. The van der Waals surface area contributed by atoms with Crippen molar-refractivity contribution >= 4 is 11.7 Å². The van der Waals surface area contributed by atoms with Gasteiger partial charge in [-0.25, -0.2) is 9.68 Å². The zero-order chi connectivity index (χ0) is 37.4. The highest BCUT2D eigenvalue weighted by Crippen LogP contribution is 2.34. The summed E-state index contributed by atoms with van der Waals surface area (Å²) in [7, 11) is 1.71. The molecule has 1 saturated carbocycles. The van der Waals surface area contributed by atoms with E-state index in [1.807, 2.05) is 42.5 Å². The summed E-state index contributed by atoms with van der Waals surface area (Å²) in [6, 6.07) is 15.9. The normalized spacial score (nSPS) is 23.8. The predicted octanol–water partition coefficient (Wildman–Crippen LogP) is 3.66. The average molecular weight is 751 g/mol. The van der Waals surface area contributed by atoms with Crippen molar-refractivity contribution in [3.63, 3.8) is 0 Å². The van der Waals surface area contributed by atoms with Crippen LogP contribution in [-0.4, -0.2) is 127 Å². The molecule has 2 aliphatic heterocycles. The van der Waals surface area contributed by atoms with Crippen molar-refractivity contribution in [1.82, 2.24) is 16.1 Å². The molecule has 5 rings (SSSR count). The Kier molecular flexibility index (Phi) is 16.8. The Morgan fingerprint density at radius 3 is 2.51 bits per heavy atom. The van der Waals surface area contributed by atoms with Crippen LogP contribution < -0.4 is 19.7 Å². The van der Waals surface area contributed by atoms with Crippen LogP contribution in [0.1, 0.15) is 56.9 Å². The van der Waals surface area contributed by atoms with Crippen molar-refractivity contribution < 1.29 is 63.7 Å². The lowest BCUT2D eigenvalue weighted by Crippen LogP contribution is -2.58. The fraction of sp³-hybridized carbons (Fsp3) is 0.639. The van der Waals surface area contributed by atoms with Gasteiger partial charge in [-0.1, -0.05) is 24.3 Å². The summed E-state index contributed by atoms with van der Waals surface area (Å²) >= 11 is 0. The molecule has 296 valence electrons. The van der Waals surface area contributed by atoms with Gasteiger partial charge in [0.1, 0.15) is 49.1 Å². The third kappa shape index (κ3) is 13.6. The van der Waals surface area contributed by atoms with Gasteiger partial charge in [-0.2, -0.15) is 0 Å². The molecule has 4 atom stereocenters. The van der Waals surface area contributed by atoms with E-state index in [1.165, 1.54) is 0 Å². The van der Waals surface area contributed by atoms with Gasteiger partial charge in [-0.15, -0.1) is 0 Å². The van der Waals surface area contributed by atoms with Gasteiger partial charge >= 0.3 is 5.97 Å². The SMILES string of the molecule is COCCCN1CCOc2ccc(COC3CNCC(OC(=O)CCCC(CON(O)O)ON(O)O)C3OC3CCC(Oc4ccccc4)CC3)cc21. The van der Waals surface area contributed by atoms with Gasteiger partial charge in [0.25, 0.3) is 0 Å². The van der Waals surface area contributed by atoms with Crippen LogP contribution in [0.25, 0.3) is 0 Å². The van der Waals surface area contributed by atoms with Crippen LogP contribution in [0, 0.1) is 0 Å². The second-order valence-corrected chi connectivity index (χ2v) is 13.4. The number of piperidine rings is 1. The number of para-hydroxylation sites is 1. The van der Waals surface area contributed by atoms with Crippen LogP contribution in [0.15, 0.2) is 48.5 Å². The number of nitrogens with zero attached hydrogens (tertiary/aromatic N) is 3. The smallest absolute Gasteiger partial charge is 0.306 e. The van der Waals surface area contributed by atoms with Crippen LogP contribution in [0.4, 0.5) is 5.69 Å². The summed E-state index contributed by atoms with van der Waals surface area (Å²) in [6.07, 6.45) is 1.88. The number of fused-ring (bicyclic) bond motifs is 1. The minimum Gasteiger partial charge on any atom is -0.490 e. The Labute approximate surface area is 309 Å². The lowest BCUT2D eigenvalue weighted by molar-refractivity contribution is -0.527. The fourth-order valence-corrected chi connectivity index (χ4v) is 6.87. The van der Waals surface area contributed by atoms with Crippen molar-refractivity contribution in [3.05, 3.63) is 54.1 Å². The monoisotopic (exact) mass is 750 g/mol. The number of anilines is 1. The van der Waals surface area contributed by atoms with Gasteiger partial charge in [-0.05, 0) is 74.8 Å². The first-order valence-corrected chi connectivity index (χ1v) is 18.3. The average Bonchev–Trinajstić information content (AvgIpc) is 3.15. The van der Waals surface area contributed by atoms with Crippen molar-refractivity contribution in [3.8, 4) is 11.5 Å². The number of hydrogen-bond donors (Lipinski definition) is 5. The number of ether oxygens (including phenoxy) is 6. The van der Waals surface area contributed by atoms with Gasteiger partial charge in [0, 0.05) is 39.8 Å². The lowest BCUT2D eigenvalue weighted by atomic mass is 9.93. The number of methoxy groups -OCH3 is 1. The van der Waals surface area contributed by atoms with E-state index >= 15 is 0 Å². The maximum atomic E-state index is 13.1. The van der Waals surface area contributed by atoms with E-state index in [1.54, 1.807) is 7.11 Å². The Hall–Kier alpha value is -3.17. The molecule has 0 aromatic heterocycles. The van der Waals surface area contributed by atoms with Gasteiger partial charge in [0.15, 0.2) is 0 Å². The molecule has 17 nitrogen and oxygen atoms in total. The molecular formula is C36H54N4O13. The highest BCUT2D eigenvalue weighted by Gasteiger charge is 2.40. The Bertz CT molecular complexity index is 1350. The number of carbonyl (C=O) groups is 1. The molecule has 0 radical (unpaired) electrons. The highest BCUT2D eigenvalue weighted by atomic mass is 17.1. The number of carbonyl (C=O) groups excluding carboxylic acids is 1. The first-order chi connectivity index (χ1) is 25.8. The van der Waals surface area contributed by atoms with E-state index < -0.39 is 47.8 Å². The standard InChI is InChI=1S/C36H54N4O13/c1-46-19-6-17-38-18-20-47-32-16-11-26(21-31(32)38)24-48-33-22-37-23-34(52-35(41)10-5-9-30(53-40(44)45)25-49-39(42)43)36(33)51-29-14-12-28(13-15-29)50-27-7-3-2-4-8-27/h2-4,7-8,11,16,21,28-30,33-34,36-37,42-45H,5-6,9-10,12-15,17-20,22-25H2,1H3. The van der Waals surface area contributed by atoms with E-state index in [2.05, 4.69) is 21.1 Å². The summed E-state index contributed by atoms with van der Waals surface area (Å²) < 4.78 is 36.7. The molecule has 2 aromatic rings. The highest BCUT2D eigenvalue weighted by molar-refractivity contribution is 5.69. The summed E-state index contributed by atoms with van der Waals surface area (Å²) in [6.45, 7) is 3.73. The second-order valence-electron chi connectivity index (χ2n) is 13.4. The van der Waals surface area contributed by atoms with Crippen LogP contribution in [0.3, 0.4) is 0 Å². The quantitative estimate of drug-likeness (QED) is 0.0704. The minimum absolute atomic E-state index is 0.0204. The number of hydrogen-bond acceptors (Lipinski definition) is 17. The number of nitrogens with one attached hydrogen (secondary N) is 1. The Morgan fingerprint density at radius 2 is 1.75 bits per heavy atom. The van der Waals surface area contributed by atoms with Crippen LogP contribution in [-0.2, 0) is 40.0 Å². The third-order valence-corrected chi connectivity index (χ3v) is 9.47. The first-order valence-electron chi connectivity index (χ1n) is 18.3. The summed E-state index contributed by atoms with van der Waals surface area (Å²) in [5, 5.41) is 38.0. The maximum Gasteiger partial charge on any atom is 0.306 e. The first kappa shape index (κ1) is 41.0. The van der Waals surface area contributed by atoms with Crippen LogP contribution >= 0.6 is 0 Å². The summed E-state index contributed by atoms with van der Waals surface area (Å²) in [4.78, 5) is 24.7. The van der Waals surface area contributed by atoms with Crippen LogP contribution in [0.2, 0.25) is 0 Å². The zero-order valence-corrected chi connectivity index (χ0v) is 30.2. The van der Waals surface area contributed by atoms with Gasteiger partial charge in [-0.3, -0.25) is 25.6 Å². The molecule has 17 heteroatoms. The molecule has 1 saturated heterocycles. The van der Waals surface area contributed by atoms with E-state index in [4.69, 9.17) is 54.1 Å². The number of benzene rings is 2. The van der Waals surface area contributed by atoms with Gasteiger partial charge in [0.2, 0.25) is 0 Å². The lowest BCUT2D eigenvalue weighted by Gasteiger charge is -2.41. The van der Waals surface area contributed by atoms with E-state index in [-0.39, 0.29) is 31.5 Å². The summed E-state index contributed by atoms with van der Waals surface area (Å²) in [5.41, 5.74) is 2.01. The number of rotatable bonds is 21. The second kappa shape index (κ2) is 21.7. The molecule has 2 aromatic carbocycles. The molecule has 5 N–H and O–H groups in total. The topological polar surface area (TPSA) is 194 Å². The zero-order valence-electron chi connectivity index (χ0n) is 30.2. The molecule has 1 aliphatic carbocycles. The predicted molar refractivity (Wildman–Crippen MR) is 185 cm³/mol. The maximum absolute atomic E-state index is 13.1. The van der Waals surface area contributed by atoms with Gasteiger partial charge < -0.3 is 38.6 Å². The largest absolute Gasteiger partial charge is 0.490 e. The molecule has 3 aliphatic rings. The Morgan fingerprint density at radius 1 is 0.981 bits per heavy atom. The number of esters is 1. The Balaban J connectivity index is 1.21. The van der Waals surface area contributed by atoms with E-state index in [9.17, 15) is 4.79 Å². The van der Waals surface area contributed by atoms with E-state index in [0.29, 0.717) is 32.9 Å². The van der Waals surface area contributed by atoms with Crippen molar-refractivity contribution in [2.24, 2.45) is 0 Å². The van der Waals surface area contributed by atoms with Crippen molar-refractivity contribution in [2.75, 3.05) is 58.0 Å². The van der Waals surface area contributed by atoms with Gasteiger partial charge in [0.05, 0.1) is 41.8 Å². The molecule has 2 fully saturated rings.